The Kier molecular flexibility index (Phi) is 8.09. The van der Waals surface area contributed by atoms with E-state index in [1.807, 2.05) is 0 Å². The molecule has 1 aromatic rings. The van der Waals surface area contributed by atoms with E-state index in [1.54, 1.807) is 33.7 Å². The standard InChI is InChI=1S/C15H22O5S2/c1-15(2,3)22-21-13(19-8-7-16)10-20-12-6-4-5-11(9-12)14(17)18/h4-6,9,13,16H,7-8,10H2,1-3H3,(H,17,18). The van der Waals surface area contributed by atoms with Gasteiger partial charge in [0.15, 0.2) is 0 Å². The summed E-state index contributed by atoms with van der Waals surface area (Å²) in [5, 5.41) is 17.8. The predicted molar refractivity (Wildman–Crippen MR) is 90.7 cm³/mol. The molecule has 0 fully saturated rings. The van der Waals surface area contributed by atoms with Gasteiger partial charge in [-0.3, -0.25) is 0 Å². The van der Waals surface area contributed by atoms with Crippen molar-refractivity contribution in [2.45, 2.75) is 31.0 Å². The second kappa shape index (κ2) is 9.29. The van der Waals surface area contributed by atoms with E-state index in [-0.39, 0.29) is 35.6 Å². The second-order valence-electron chi connectivity index (χ2n) is 5.46. The Hall–Kier alpha value is -0.890. The Morgan fingerprint density at radius 3 is 2.68 bits per heavy atom. The quantitative estimate of drug-likeness (QED) is 0.525. The Balaban J connectivity index is 2.57. The molecule has 0 amide bonds. The van der Waals surface area contributed by atoms with E-state index in [2.05, 4.69) is 20.8 Å². The molecule has 0 saturated carbocycles. The van der Waals surface area contributed by atoms with E-state index >= 15 is 0 Å². The highest BCUT2D eigenvalue weighted by Gasteiger charge is 2.18. The van der Waals surface area contributed by atoms with Gasteiger partial charge in [0.05, 0.1) is 18.8 Å². The highest BCUT2D eigenvalue weighted by molar-refractivity contribution is 8.77. The molecule has 0 aliphatic carbocycles. The van der Waals surface area contributed by atoms with Crippen LogP contribution < -0.4 is 4.74 Å². The molecule has 0 heterocycles. The third-order valence-corrected chi connectivity index (χ3v) is 5.78. The molecule has 1 aromatic carbocycles. The lowest BCUT2D eigenvalue weighted by Crippen LogP contribution is -2.20. The molecule has 0 aliphatic heterocycles. The van der Waals surface area contributed by atoms with E-state index in [1.165, 1.54) is 12.1 Å². The fraction of sp³-hybridized carbons (Fsp3) is 0.533. The molecule has 2 N–H and O–H groups in total. The van der Waals surface area contributed by atoms with Gasteiger partial charge in [-0.2, -0.15) is 0 Å². The van der Waals surface area contributed by atoms with Gasteiger partial charge in [0.1, 0.15) is 17.8 Å². The molecule has 0 aromatic heterocycles. The lowest BCUT2D eigenvalue weighted by Gasteiger charge is -2.22. The molecule has 124 valence electrons. The minimum atomic E-state index is -0.990. The van der Waals surface area contributed by atoms with Crippen LogP contribution in [0.3, 0.4) is 0 Å². The summed E-state index contributed by atoms with van der Waals surface area (Å²) in [5.74, 6) is -0.505. The van der Waals surface area contributed by atoms with Crippen molar-refractivity contribution in [3.63, 3.8) is 0 Å². The fourth-order valence-electron chi connectivity index (χ4n) is 1.37. The van der Waals surface area contributed by atoms with E-state index in [9.17, 15) is 4.79 Å². The lowest BCUT2D eigenvalue weighted by atomic mass is 10.2. The van der Waals surface area contributed by atoms with Crippen molar-refractivity contribution in [3.05, 3.63) is 29.8 Å². The van der Waals surface area contributed by atoms with Crippen LogP contribution in [-0.2, 0) is 4.74 Å². The number of carboxylic acids is 1. The van der Waals surface area contributed by atoms with Crippen molar-refractivity contribution >= 4 is 27.6 Å². The average Bonchev–Trinajstić information content (AvgIpc) is 2.45. The normalized spacial score (nSPS) is 12.9. The Morgan fingerprint density at radius 2 is 2.09 bits per heavy atom. The summed E-state index contributed by atoms with van der Waals surface area (Å²) in [6.45, 7) is 6.77. The van der Waals surface area contributed by atoms with Crippen LogP contribution in [0.4, 0.5) is 0 Å². The summed E-state index contributed by atoms with van der Waals surface area (Å²) in [4.78, 5) is 10.9. The summed E-state index contributed by atoms with van der Waals surface area (Å²) in [5.41, 5.74) is -0.0631. The number of hydrogen-bond donors (Lipinski definition) is 2. The monoisotopic (exact) mass is 346 g/mol. The number of aliphatic hydroxyl groups excluding tert-OH is 1. The van der Waals surface area contributed by atoms with Crippen molar-refractivity contribution in [2.75, 3.05) is 19.8 Å². The first-order valence-corrected chi connectivity index (χ1v) is 9.06. The van der Waals surface area contributed by atoms with Crippen LogP contribution >= 0.6 is 21.6 Å². The van der Waals surface area contributed by atoms with Crippen LogP contribution in [0.15, 0.2) is 24.3 Å². The van der Waals surface area contributed by atoms with Gasteiger partial charge in [0.25, 0.3) is 0 Å². The molecule has 1 unspecified atom stereocenters. The zero-order chi connectivity index (χ0) is 16.6. The first-order valence-electron chi connectivity index (χ1n) is 6.85. The largest absolute Gasteiger partial charge is 0.490 e. The van der Waals surface area contributed by atoms with Crippen LogP contribution in [0.25, 0.3) is 0 Å². The summed E-state index contributed by atoms with van der Waals surface area (Å²) in [7, 11) is 3.21. The number of ether oxygens (including phenoxy) is 2. The van der Waals surface area contributed by atoms with Gasteiger partial charge in [0, 0.05) is 4.75 Å². The predicted octanol–water partition coefficient (Wildman–Crippen LogP) is 3.28. The second-order valence-corrected chi connectivity index (χ2v) is 8.65. The number of aromatic carboxylic acids is 1. The molecule has 1 rings (SSSR count). The Bertz CT molecular complexity index is 473. The zero-order valence-electron chi connectivity index (χ0n) is 12.9. The van der Waals surface area contributed by atoms with Gasteiger partial charge in [-0.25, -0.2) is 4.79 Å². The minimum absolute atomic E-state index is 0.0499. The van der Waals surface area contributed by atoms with E-state index in [0.717, 1.165) is 0 Å². The van der Waals surface area contributed by atoms with E-state index in [4.69, 9.17) is 19.7 Å². The number of benzene rings is 1. The van der Waals surface area contributed by atoms with Gasteiger partial charge >= 0.3 is 5.97 Å². The fourth-order valence-corrected chi connectivity index (χ4v) is 3.56. The molecule has 7 heteroatoms. The zero-order valence-corrected chi connectivity index (χ0v) is 14.6. The van der Waals surface area contributed by atoms with Crippen LogP contribution in [0.5, 0.6) is 5.75 Å². The molecule has 0 spiro atoms. The van der Waals surface area contributed by atoms with Crippen LogP contribution in [0, 0.1) is 0 Å². The van der Waals surface area contributed by atoms with Crippen molar-refractivity contribution < 1.29 is 24.5 Å². The molecule has 0 saturated heterocycles. The van der Waals surface area contributed by atoms with Gasteiger partial charge in [0.2, 0.25) is 0 Å². The summed E-state index contributed by atoms with van der Waals surface area (Å²) in [6, 6.07) is 6.34. The highest BCUT2D eigenvalue weighted by atomic mass is 33.1. The van der Waals surface area contributed by atoms with Gasteiger partial charge in [-0.15, -0.1) is 0 Å². The molecule has 1 atom stereocenters. The maximum atomic E-state index is 10.9. The minimum Gasteiger partial charge on any atom is -0.490 e. The van der Waals surface area contributed by atoms with E-state index in [0.29, 0.717) is 5.75 Å². The molecule has 5 nitrogen and oxygen atoms in total. The summed E-state index contributed by atoms with van der Waals surface area (Å²) in [6.07, 6.45) is 0. The van der Waals surface area contributed by atoms with Crippen molar-refractivity contribution in [3.8, 4) is 5.75 Å². The molecule has 0 bridgehead atoms. The van der Waals surface area contributed by atoms with Crippen molar-refractivity contribution in [1.29, 1.82) is 0 Å². The van der Waals surface area contributed by atoms with Gasteiger partial charge < -0.3 is 19.7 Å². The lowest BCUT2D eigenvalue weighted by molar-refractivity contribution is 0.0515. The third kappa shape index (κ3) is 7.93. The SMILES string of the molecule is CC(C)(C)SSC(COc1cccc(C(=O)O)c1)OCCO. The first-order chi connectivity index (χ1) is 10.3. The number of carbonyl (C=O) groups is 1. The maximum absolute atomic E-state index is 10.9. The molecule has 22 heavy (non-hydrogen) atoms. The first kappa shape index (κ1) is 19.2. The number of carboxylic acid groups (broad SMARTS) is 1. The van der Waals surface area contributed by atoms with Crippen molar-refractivity contribution in [1.82, 2.24) is 0 Å². The van der Waals surface area contributed by atoms with Crippen LogP contribution in [0.2, 0.25) is 0 Å². The Morgan fingerprint density at radius 1 is 1.36 bits per heavy atom. The number of aliphatic hydroxyl groups is 1. The molecular formula is C15H22O5S2. The van der Waals surface area contributed by atoms with Gasteiger partial charge in [-0.05, 0) is 18.2 Å². The summed E-state index contributed by atoms with van der Waals surface area (Å²) >= 11 is 0. The maximum Gasteiger partial charge on any atom is 0.335 e. The summed E-state index contributed by atoms with van der Waals surface area (Å²) < 4.78 is 11.2. The number of rotatable bonds is 9. The molecule has 0 radical (unpaired) electrons. The highest BCUT2D eigenvalue weighted by Crippen LogP contribution is 2.38. The van der Waals surface area contributed by atoms with Crippen molar-refractivity contribution in [2.24, 2.45) is 0 Å². The van der Waals surface area contributed by atoms with Crippen LogP contribution in [-0.4, -0.2) is 46.2 Å². The molecular weight excluding hydrogens is 324 g/mol. The average molecular weight is 346 g/mol. The van der Waals surface area contributed by atoms with Gasteiger partial charge in [-0.1, -0.05) is 48.4 Å². The van der Waals surface area contributed by atoms with Crippen LogP contribution in [0.1, 0.15) is 31.1 Å². The third-order valence-electron chi connectivity index (χ3n) is 2.27. The Labute approximate surface area is 138 Å². The molecule has 0 aliphatic rings. The smallest absolute Gasteiger partial charge is 0.335 e. The number of hydrogen-bond acceptors (Lipinski definition) is 6. The van der Waals surface area contributed by atoms with E-state index < -0.39 is 5.97 Å². The topological polar surface area (TPSA) is 76.0 Å².